The molecule has 0 aliphatic rings. The highest BCUT2D eigenvalue weighted by molar-refractivity contribution is 7.86. The van der Waals surface area contributed by atoms with E-state index in [-0.39, 0.29) is 0 Å². The van der Waals surface area contributed by atoms with Gasteiger partial charge in [0.1, 0.15) is 0 Å². The summed E-state index contributed by atoms with van der Waals surface area (Å²) in [6.07, 6.45) is -0.784. The lowest BCUT2D eigenvalue weighted by Gasteiger charge is -2.29. The highest BCUT2D eigenvalue weighted by atomic mass is 32.2. The van der Waals surface area contributed by atoms with Crippen molar-refractivity contribution >= 4 is 10.8 Å². The van der Waals surface area contributed by atoms with Crippen LogP contribution in [0.3, 0.4) is 0 Å². The molecule has 0 fully saturated rings. The summed E-state index contributed by atoms with van der Waals surface area (Å²) in [4.78, 5) is 0. The molecule has 2 aromatic rings. The zero-order valence-electron chi connectivity index (χ0n) is 12.7. The Hall–Kier alpha value is -1.45. The molecular weight excluding hydrogens is 280 g/mol. The van der Waals surface area contributed by atoms with Crippen LogP contribution in [0.5, 0.6) is 0 Å². The summed E-state index contributed by atoms with van der Waals surface area (Å²) in [6, 6.07) is 19.1. The molecule has 2 aromatic carbocycles. The molecule has 0 heterocycles. The molecule has 2 nitrogen and oxygen atoms in total. The van der Waals surface area contributed by atoms with Gasteiger partial charge in [0.05, 0.1) is 11.4 Å². The molecular formula is C18H22O2S. The number of benzene rings is 2. The lowest BCUT2D eigenvalue weighted by Crippen LogP contribution is -2.30. The van der Waals surface area contributed by atoms with Crippen molar-refractivity contribution in [2.45, 2.75) is 36.9 Å². The number of aliphatic hydroxyl groups is 1. The molecule has 21 heavy (non-hydrogen) atoms. The van der Waals surface area contributed by atoms with E-state index >= 15 is 0 Å². The van der Waals surface area contributed by atoms with E-state index < -0.39 is 26.9 Å². The zero-order valence-corrected chi connectivity index (χ0v) is 13.5. The van der Waals surface area contributed by atoms with Crippen LogP contribution in [0, 0.1) is 0 Å². The molecule has 3 heteroatoms. The second kappa shape index (κ2) is 6.54. The largest absolute Gasteiger partial charge is 0.387 e. The third-order valence-electron chi connectivity index (χ3n) is 3.39. The van der Waals surface area contributed by atoms with Crippen molar-refractivity contribution in [2.75, 3.05) is 0 Å². The first-order valence-electron chi connectivity index (χ1n) is 7.10. The lowest BCUT2D eigenvalue weighted by atomic mass is 10.0. The third kappa shape index (κ3) is 3.80. The van der Waals surface area contributed by atoms with Gasteiger partial charge in [0.15, 0.2) is 0 Å². The molecule has 0 saturated heterocycles. The van der Waals surface area contributed by atoms with E-state index in [0.29, 0.717) is 0 Å². The van der Waals surface area contributed by atoms with Gasteiger partial charge in [0.2, 0.25) is 0 Å². The van der Waals surface area contributed by atoms with Crippen LogP contribution in [0.15, 0.2) is 60.7 Å². The van der Waals surface area contributed by atoms with Crippen molar-refractivity contribution in [1.29, 1.82) is 0 Å². The second-order valence-electron chi connectivity index (χ2n) is 6.10. The van der Waals surface area contributed by atoms with Crippen LogP contribution in [-0.4, -0.2) is 14.1 Å². The number of aliphatic hydroxyl groups excluding tert-OH is 1. The number of rotatable bonds is 4. The van der Waals surface area contributed by atoms with Crippen LogP contribution in [0.1, 0.15) is 43.3 Å². The molecule has 0 radical (unpaired) electrons. The van der Waals surface area contributed by atoms with Crippen molar-refractivity contribution in [2.24, 2.45) is 0 Å². The van der Waals surface area contributed by atoms with Gasteiger partial charge in [-0.1, -0.05) is 60.7 Å². The molecule has 0 amide bonds. The Balaban J connectivity index is 2.44. The van der Waals surface area contributed by atoms with Crippen LogP contribution < -0.4 is 0 Å². The van der Waals surface area contributed by atoms with Crippen molar-refractivity contribution < 1.29 is 9.32 Å². The Kier molecular flexibility index (Phi) is 4.96. The van der Waals surface area contributed by atoms with Gasteiger partial charge in [0.25, 0.3) is 0 Å². The SMILES string of the molecule is CC(C)(C)S(=O)C(c1ccccc1)C(O)c1ccccc1. The lowest BCUT2D eigenvalue weighted by molar-refractivity contribution is 0.172. The minimum absolute atomic E-state index is 0.393. The minimum Gasteiger partial charge on any atom is -0.387 e. The Labute approximate surface area is 129 Å². The fourth-order valence-corrected chi connectivity index (χ4v) is 3.83. The zero-order chi connectivity index (χ0) is 15.5. The van der Waals surface area contributed by atoms with Gasteiger partial charge in [0, 0.05) is 15.5 Å². The molecule has 3 atom stereocenters. The summed E-state index contributed by atoms with van der Waals surface area (Å²) in [5.74, 6) is 0. The van der Waals surface area contributed by atoms with Crippen LogP contribution in [0.4, 0.5) is 0 Å². The van der Waals surface area contributed by atoms with E-state index in [1.54, 1.807) is 0 Å². The maximum Gasteiger partial charge on any atom is 0.0974 e. The number of hydrogen-bond acceptors (Lipinski definition) is 2. The van der Waals surface area contributed by atoms with Crippen LogP contribution >= 0.6 is 0 Å². The van der Waals surface area contributed by atoms with Gasteiger partial charge in [-0.3, -0.25) is 4.21 Å². The predicted molar refractivity (Wildman–Crippen MR) is 88.5 cm³/mol. The Morgan fingerprint density at radius 3 is 1.71 bits per heavy atom. The molecule has 0 bridgehead atoms. The van der Waals surface area contributed by atoms with E-state index in [9.17, 15) is 9.32 Å². The van der Waals surface area contributed by atoms with Gasteiger partial charge >= 0.3 is 0 Å². The van der Waals surface area contributed by atoms with Crippen molar-refractivity contribution in [3.63, 3.8) is 0 Å². The highest BCUT2D eigenvalue weighted by Gasteiger charge is 2.34. The molecule has 1 N–H and O–H groups in total. The van der Waals surface area contributed by atoms with Gasteiger partial charge in [-0.05, 0) is 31.9 Å². The molecule has 112 valence electrons. The van der Waals surface area contributed by atoms with E-state index in [0.717, 1.165) is 11.1 Å². The maximum atomic E-state index is 12.9. The minimum atomic E-state index is -1.21. The standard InChI is InChI=1S/C18H22O2S/c1-18(2,3)21(20)17(15-12-8-5-9-13-15)16(19)14-10-6-4-7-11-14/h4-13,16-17,19H,1-3H3. The van der Waals surface area contributed by atoms with Crippen LogP contribution in [0.2, 0.25) is 0 Å². The first kappa shape index (κ1) is 15.9. The predicted octanol–water partition coefficient (Wildman–Crippen LogP) is 4.01. The van der Waals surface area contributed by atoms with Gasteiger partial charge in [-0.2, -0.15) is 0 Å². The summed E-state index contributed by atoms with van der Waals surface area (Å²) in [5.41, 5.74) is 1.70. The Morgan fingerprint density at radius 2 is 1.29 bits per heavy atom. The first-order chi connectivity index (χ1) is 9.91. The summed E-state index contributed by atoms with van der Waals surface area (Å²) in [6.45, 7) is 5.82. The summed E-state index contributed by atoms with van der Waals surface area (Å²) in [7, 11) is -1.21. The molecule has 3 unspecified atom stereocenters. The van der Waals surface area contributed by atoms with Gasteiger partial charge < -0.3 is 5.11 Å². The molecule has 0 spiro atoms. The van der Waals surface area contributed by atoms with Gasteiger partial charge in [-0.15, -0.1) is 0 Å². The molecule has 0 aliphatic heterocycles. The maximum absolute atomic E-state index is 12.9. The summed E-state index contributed by atoms with van der Waals surface area (Å²) >= 11 is 0. The normalized spacial score (nSPS) is 16.2. The smallest absolute Gasteiger partial charge is 0.0974 e. The second-order valence-corrected chi connectivity index (χ2v) is 8.42. The van der Waals surface area contributed by atoms with Crippen LogP contribution in [0.25, 0.3) is 0 Å². The topological polar surface area (TPSA) is 37.3 Å². The van der Waals surface area contributed by atoms with Crippen LogP contribution in [-0.2, 0) is 10.8 Å². The van der Waals surface area contributed by atoms with E-state index in [1.807, 2.05) is 81.4 Å². The molecule has 0 aromatic heterocycles. The Bertz CT molecular complexity index is 588. The summed E-state index contributed by atoms with van der Waals surface area (Å²) in [5, 5.41) is 10.3. The van der Waals surface area contributed by atoms with Crippen molar-refractivity contribution in [1.82, 2.24) is 0 Å². The highest BCUT2D eigenvalue weighted by Crippen LogP contribution is 2.38. The fraction of sp³-hybridized carbons (Fsp3) is 0.333. The van der Waals surface area contributed by atoms with E-state index in [4.69, 9.17) is 0 Å². The fourth-order valence-electron chi connectivity index (χ4n) is 2.27. The number of hydrogen-bond donors (Lipinski definition) is 1. The quantitative estimate of drug-likeness (QED) is 0.926. The average Bonchev–Trinajstić information content (AvgIpc) is 2.48. The average molecular weight is 302 g/mol. The Morgan fingerprint density at radius 1 is 0.857 bits per heavy atom. The third-order valence-corrected chi connectivity index (χ3v) is 5.59. The molecule has 0 saturated carbocycles. The first-order valence-corrected chi connectivity index (χ1v) is 8.31. The summed E-state index contributed by atoms with van der Waals surface area (Å²) < 4.78 is 12.5. The van der Waals surface area contributed by atoms with E-state index in [2.05, 4.69) is 0 Å². The van der Waals surface area contributed by atoms with E-state index in [1.165, 1.54) is 0 Å². The van der Waals surface area contributed by atoms with Crippen molar-refractivity contribution in [3.05, 3.63) is 71.8 Å². The monoisotopic (exact) mass is 302 g/mol. The molecule has 2 rings (SSSR count). The van der Waals surface area contributed by atoms with Crippen molar-refractivity contribution in [3.8, 4) is 0 Å². The molecule has 0 aliphatic carbocycles. The van der Waals surface area contributed by atoms with Gasteiger partial charge in [-0.25, -0.2) is 0 Å².